The van der Waals surface area contributed by atoms with Crippen LogP contribution >= 0.6 is 0 Å². The molecule has 3 heteroatoms. The zero-order valence-electron chi connectivity index (χ0n) is 10.7. The fourth-order valence-electron chi connectivity index (χ4n) is 2.79. The van der Waals surface area contributed by atoms with Gasteiger partial charge in [0, 0.05) is 19.6 Å². The molecule has 1 aromatic carbocycles. The van der Waals surface area contributed by atoms with Crippen molar-refractivity contribution in [1.29, 1.82) is 0 Å². The molecule has 0 saturated heterocycles. The highest BCUT2D eigenvalue weighted by Gasteiger charge is 2.29. The first kappa shape index (κ1) is 11.6. The summed E-state index contributed by atoms with van der Waals surface area (Å²) < 4.78 is 0. The van der Waals surface area contributed by atoms with Crippen LogP contribution in [-0.4, -0.2) is 25.6 Å². The Balaban J connectivity index is 1.41. The number of rotatable bonds is 3. The molecule has 1 heterocycles. The maximum absolute atomic E-state index is 4.43. The Labute approximate surface area is 109 Å². The largest absolute Gasteiger partial charge is 0.356 e. The van der Waals surface area contributed by atoms with Crippen LogP contribution in [-0.2, 0) is 0 Å². The molecule has 2 N–H and O–H groups in total. The minimum absolute atomic E-state index is 0.777. The average Bonchev–Trinajstić information content (AvgIpc) is 2.39. The van der Waals surface area contributed by atoms with E-state index in [0.29, 0.717) is 0 Å². The van der Waals surface area contributed by atoms with E-state index < -0.39 is 0 Å². The molecule has 18 heavy (non-hydrogen) atoms. The molecule has 0 amide bonds. The van der Waals surface area contributed by atoms with Gasteiger partial charge in [-0.1, -0.05) is 30.3 Å². The Morgan fingerprint density at radius 3 is 2.78 bits per heavy atom. The molecule has 1 saturated carbocycles. The van der Waals surface area contributed by atoms with Crippen molar-refractivity contribution in [3.63, 3.8) is 0 Å². The van der Waals surface area contributed by atoms with E-state index in [4.69, 9.17) is 0 Å². The van der Waals surface area contributed by atoms with E-state index in [2.05, 4.69) is 46.0 Å². The third-order valence-electron chi connectivity index (χ3n) is 3.96. The van der Waals surface area contributed by atoms with Crippen molar-refractivity contribution in [2.45, 2.75) is 25.2 Å². The van der Waals surface area contributed by atoms with Gasteiger partial charge < -0.3 is 10.6 Å². The SMILES string of the molecule is c1ccc(C2CC(CNC3=NCCCN3)C2)cc1. The van der Waals surface area contributed by atoms with Crippen LogP contribution in [0, 0.1) is 5.92 Å². The summed E-state index contributed by atoms with van der Waals surface area (Å²) in [6.07, 6.45) is 3.78. The predicted molar refractivity (Wildman–Crippen MR) is 74.8 cm³/mol. The lowest BCUT2D eigenvalue weighted by molar-refractivity contribution is 0.263. The van der Waals surface area contributed by atoms with Crippen molar-refractivity contribution in [3.05, 3.63) is 35.9 Å². The molecule has 1 fully saturated rings. The molecule has 3 rings (SSSR count). The molecule has 0 spiro atoms. The first-order chi connectivity index (χ1) is 8.92. The van der Waals surface area contributed by atoms with Crippen LogP contribution in [0.4, 0.5) is 0 Å². The lowest BCUT2D eigenvalue weighted by Crippen LogP contribution is -2.44. The van der Waals surface area contributed by atoms with Gasteiger partial charge in [0.05, 0.1) is 0 Å². The number of aliphatic imine (C=N–C) groups is 1. The van der Waals surface area contributed by atoms with Crippen molar-refractivity contribution in [2.75, 3.05) is 19.6 Å². The van der Waals surface area contributed by atoms with E-state index in [-0.39, 0.29) is 0 Å². The van der Waals surface area contributed by atoms with Gasteiger partial charge in [-0.05, 0) is 36.7 Å². The van der Waals surface area contributed by atoms with Gasteiger partial charge in [-0.25, -0.2) is 0 Å². The van der Waals surface area contributed by atoms with Gasteiger partial charge in [0.1, 0.15) is 0 Å². The molecule has 1 aromatic rings. The predicted octanol–water partition coefficient (Wildman–Crippen LogP) is 2.12. The summed E-state index contributed by atoms with van der Waals surface area (Å²) >= 11 is 0. The highest BCUT2D eigenvalue weighted by atomic mass is 15.2. The molecule has 3 nitrogen and oxygen atoms in total. The number of benzene rings is 1. The number of nitrogens with one attached hydrogen (secondary N) is 2. The van der Waals surface area contributed by atoms with Crippen LogP contribution < -0.4 is 10.6 Å². The van der Waals surface area contributed by atoms with E-state index in [1.165, 1.54) is 18.4 Å². The minimum atomic E-state index is 0.777. The Kier molecular flexibility index (Phi) is 3.49. The van der Waals surface area contributed by atoms with Crippen LogP contribution in [0.1, 0.15) is 30.7 Å². The molecule has 1 aliphatic heterocycles. The van der Waals surface area contributed by atoms with Gasteiger partial charge in [-0.15, -0.1) is 0 Å². The third-order valence-corrected chi connectivity index (χ3v) is 3.96. The van der Waals surface area contributed by atoms with E-state index in [1.807, 2.05) is 0 Å². The van der Waals surface area contributed by atoms with Crippen molar-refractivity contribution in [3.8, 4) is 0 Å². The Hall–Kier alpha value is -1.51. The number of hydrogen-bond acceptors (Lipinski definition) is 3. The van der Waals surface area contributed by atoms with E-state index >= 15 is 0 Å². The third kappa shape index (κ3) is 2.66. The van der Waals surface area contributed by atoms with Gasteiger partial charge in [0.25, 0.3) is 0 Å². The van der Waals surface area contributed by atoms with Crippen LogP contribution in [0.25, 0.3) is 0 Å². The molecule has 0 atom stereocenters. The second-order valence-corrected chi connectivity index (χ2v) is 5.34. The fourth-order valence-corrected chi connectivity index (χ4v) is 2.79. The molecular weight excluding hydrogens is 222 g/mol. The van der Waals surface area contributed by atoms with E-state index in [0.717, 1.165) is 43.9 Å². The van der Waals surface area contributed by atoms with Gasteiger partial charge in [-0.3, -0.25) is 4.99 Å². The molecule has 0 radical (unpaired) electrons. The summed E-state index contributed by atoms with van der Waals surface area (Å²) in [5.41, 5.74) is 1.50. The van der Waals surface area contributed by atoms with Gasteiger partial charge >= 0.3 is 0 Å². The van der Waals surface area contributed by atoms with E-state index in [1.54, 1.807) is 0 Å². The molecule has 0 bridgehead atoms. The van der Waals surface area contributed by atoms with Crippen molar-refractivity contribution in [2.24, 2.45) is 10.9 Å². The highest BCUT2D eigenvalue weighted by molar-refractivity contribution is 5.80. The standard InChI is InChI=1S/C15H21N3/c1-2-5-13(6-3-1)14-9-12(10-14)11-18-15-16-7-4-8-17-15/h1-3,5-6,12,14H,4,7-11H2,(H2,16,17,18). The molecule has 96 valence electrons. The topological polar surface area (TPSA) is 36.4 Å². The smallest absolute Gasteiger partial charge is 0.191 e. The number of nitrogens with zero attached hydrogens (tertiary/aromatic N) is 1. The van der Waals surface area contributed by atoms with Crippen LogP contribution in [0.2, 0.25) is 0 Å². The summed E-state index contributed by atoms with van der Waals surface area (Å²) in [5, 5.41) is 6.74. The summed E-state index contributed by atoms with van der Waals surface area (Å²) in [5.74, 6) is 2.59. The molecule has 1 aliphatic carbocycles. The first-order valence-corrected chi connectivity index (χ1v) is 6.99. The Morgan fingerprint density at radius 2 is 2.06 bits per heavy atom. The maximum atomic E-state index is 4.43. The van der Waals surface area contributed by atoms with Crippen molar-refractivity contribution in [1.82, 2.24) is 10.6 Å². The zero-order chi connectivity index (χ0) is 12.2. The van der Waals surface area contributed by atoms with Crippen molar-refractivity contribution < 1.29 is 0 Å². The highest BCUT2D eigenvalue weighted by Crippen LogP contribution is 2.40. The summed E-state index contributed by atoms with van der Waals surface area (Å²) in [7, 11) is 0. The van der Waals surface area contributed by atoms with Crippen LogP contribution in [0.5, 0.6) is 0 Å². The first-order valence-electron chi connectivity index (χ1n) is 6.99. The lowest BCUT2D eigenvalue weighted by atomic mass is 9.71. The summed E-state index contributed by atoms with van der Waals surface area (Å²) in [6, 6.07) is 10.9. The maximum Gasteiger partial charge on any atom is 0.191 e. The van der Waals surface area contributed by atoms with Gasteiger partial charge in [0.2, 0.25) is 0 Å². The fraction of sp³-hybridized carbons (Fsp3) is 0.533. The Morgan fingerprint density at radius 1 is 1.22 bits per heavy atom. The molecule has 0 aromatic heterocycles. The molecule has 0 unspecified atom stereocenters. The molecule has 2 aliphatic rings. The lowest BCUT2D eigenvalue weighted by Gasteiger charge is -2.36. The second kappa shape index (κ2) is 5.42. The van der Waals surface area contributed by atoms with Crippen LogP contribution in [0.15, 0.2) is 35.3 Å². The second-order valence-electron chi connectivity index (χ2n) is 5.34. The van der Waals surface area contributed by atoms with Gasteiger partial charge in [0.15, 0.2) is 5.96 Å². The molecular formula is C15H21N3. The van der Waals surface area contributed by atoms with Gasteiger partial charge in [-0.2, -0.15) is 0 Å². The normalized spacial score (nSPS) is 26.8. The number of hydrogen-bond donors (Lipinski definition) is 2. The summed E-state index contributed by atoms with van der Waals surface area (Å²) in [6.45, 7) is 3.09. The minimum Gasteiger partial charge on any atom is -0.356 e. The van der Waals surface area contributed by atoms with Crippen LogP contribution in [0.3, 0.4) is 0 Å². The van der Waals surface area contributed by atoms with E-state index in [9.17, 15) is 0 Å². The quantitative estimate of drug-likeness (QED) is 0.853. The Bertz CT molecular complexity index is 407. The zero-order valence-corrected chi connectivity index (χ0v) is 10.7. The number of guanidine groups is 1. The van der Waals surface area contributed by atoms with Crippen molar-refractivity contribution >= 4 is 5.96 Å². The monoisotopic (exact) mass is 243 g/mol. The average molecular weight is 243 g/mol. The summed E-state index contributed by atoms with van der Waals surface area (Å²) in [4.78, 5) is 4.43.